The van der Waals surface area contributed by atoms with Crippen LogP contribution in [0.15, 0.2) is 42.5 Å². The molecule has 0 saturated heterocycles. The standard InChI is InChI=1S/C18H14ClNO5/c1-24-15-10-11(6-8-14(15)19)7-9-16(21)25-20-17(22)12-4-2-3-5-13(12)18(20)23/h2-6,8,10H,7,9H2,1H3. The van der Waals surface area contributed by atoms with Gasteiger partial charge in [0.1, 0.15) is 5.75 Å². The zero-order valence-corrected chi connectivity index (χ0v) is 14.1. The zero-order chi connectivity index (χ0) is 18.0. The van der Waals surface area contributed by atoms with Crippen molar-refractivity contribution in [1.82, 2.24) is 5.06 Å². The summed E-state index contributed by atoms with van der Waals surface area (Å²) in [6.07, 6.45) is 0.355. The van der Waals surface area contributed by atoms with Crippen molar-refractivity contribution in [2.75, 3.05) is 7.11 Å². The summed E-state index contributed by atoms with van der Waals surface area (Å²) in [6, 6.07) is 11.5. The molecule has 0 bridgehead atoms. The fourth-order valence-corrected chi connectivity index (χ4v) is 2.70. The normalized spacial score (nSPS) is 13.0. The highest BCUT2D eigenvalue weighted by molar-refractivity contribution is 6.32. The van der Waals surface area contributed by atoms with E-state index in [4.69, 9.17) is 21.2 Å². The first-order valence-corrected chi connectivity index (χ1v) is 7.90. The van der Waals surface area contributed by atoms with Gasteiger partial charge in [0.15, 0.2) is 0 Å². The molecule has 0 atom stereocenters. The van der Waals surface area contributed by atoms with Crippen LogP contribution in [-0.4, -0.2) is 30.0 Å². The summed E-state index contributed by atoms with van der Waals surface area (Å²) in [5.41, 5.74) is 1.27. The molecule has 1 aliphatic rings. The number of hydrogen-bond acceptors (Lipinski definition) is 5. The number of hydrogen-bond donors (Lipinski definition) is 0. The predicted molar refractivity (Wildman–Crippen MR) is 89.4 cm³/mol. The number of carbonyl (C=O) groups excluding carboxylic acids is 3. The molecule has 3 rings (SSSR count). The molecule has 128 valence electrons. The zero-order valence-electron chi connectivity index (χ0n) is 13.3. The minimum absolute atomic E-state index is 0.00179. The number of halogens is 1. The van der Waals surface area contributed by atoms with Crippen molar-refractivity contribution in [1.29, 1.82) is 0 Å². The van der Waals surface area contributed by atoms with E-state index >= 15 is 0 Å². The van der Waals surface area contributed by atoms with Gasteiger partial charge in [-0.05, 0) is 36.2 Å². The summed E-state index contributed by atoms with van der Waals surface area (Å²) < 4.78 is 5.12. The Morgan fingerprint density at radius 1 is 1.08 bits per heavy atom. The van der Waals surface area contributed by atoms with Crippen molar-refractivity contribution in [3.63, 3.8) is 0 Å². The van der Waals surface area contributed by atoms with E-state index < -0.39 is 17.8 Å². The predicted octanol–water partition coefficient (Wildman–Crippen LogP) is 3.04. The van der Waals surface area contributed by atoms with Crippen molar-refractivity contribution >= 4 is 29.4 Å². The Labute approximate surface area is 148 Å². The first-order chi connectivity index (χ1) is 12.0. The Bertz CT molecular complexity index is 829. The molecule has 2 aromatic rings. The Morgan fingerprint density at radius 2 is 1.72 bits per heavy atom. The Hall–Kier alpha value is -2.86. The topological polar surface area (TPSA) is 72.9 Å². The molecule has 0 radical (unpaired) electrons. The van der Waals surface area contributed by atoms with Gasteiger partial charge in [-0.25, -0.2) is 4.79 Å². The molecule has 0 N–H and O–H groups in total. The lowest BCUT2D eigenvalue weighted by molar-refractivity contribution is -0.168. The smallest absolute Gasteiger partial charge is 0.333 e. The number of nitrogens with zero attached hydrogens (tertiary/aromatic N) is 1. The van der Waals surface area contributed by atoms with Crippen LogP contribution in [0.3, 0.4) is 0 Å². The lowest BCUT2D eigenvalue weighted by atomic mass is 10.1. The maximum atomic E-state index is 12.1. The second kappa shape index (κ2) is 6.94. The summed E-state index contributed by atoms with van der Waals surface area (Å²) in [5.74, 6) is -1.44. The highest BCUT2D eigenvalue weighted by Crippen LogP contribution is 2.26. The minimum Gasteiger partial charge on any atom is -0.495 e. The Morgan fingerprint density at radius 3 is 2.32 bits per heavy atom. The van der Waals surface area contributed by atoms with Crippen LogP contribution < -0.4 is 4.74 Å². The molecule has 25 heavy (non-hydrogen) atoms. The van der Waals surface area contributed by atoms with E-state index in [-0.39, 0.29) is 17.5 Å². The van der Waals surface area contributed by atoms with E-state index in [9.17, 15) is 14.4 Å². The molecule has 1 aliphatic heterocycles. The van der Waals surface area contributed by atoms with Crippen LogP contribution in [0.25, 0.3) is 0 Å². The number of methoxy groups -OCH3 is 1. The summed E-state index contributed by atoms with van der Waals surface area (Å²) in [4.78, 5) is 41.2. The number of ether oxygens (including phenoxy) is 1. The summed E-state index contributed by atoms with van der Waals surface area (Å²) in [7, 11) is 1.50. The Balaban J connectivity index is 1.62. The van der Waals surface area contributed by atoms with Gasteiger partial charge in [-0.15, -0.1) is 0 Å². The summed E-state index contributed by atoms with van der Waals surface area (Å²) in [5, 5.41) is 0.981. The van der Waals surface area contributed by atoms with Gasteiger partial charge in [0.05, 0.1) is 29.7 Å². The molecule has 0 spiro atoms. The minimum atomic E-state index is -0.677. The number of carbonyl (C=O) groups is 3. The highest BCUT2D eigenvalue weighted by Gasteiger charge is 2.38. The monoisotopic (exact) mass is 359 g/mol. The number of hydroxylamine groups is 2. The van der Waals surface area contributed by atoms with Gasteiger partial charge in [-0.3, -0.25) is 9.59 Å². The molecule has 7 heteroatoms. The molecule has 6 nitrogen and oxygen atoms in total. The molecular formula is C18H14ClNO5. The second-order valence-corrected chi connectivity index (χ2v) is 5.79. The molecule has 0 fully saturated rings. The van der Waals surface area contributed by atoms with E-state index in [1.165, 1.54) is 19.2 Å². The van der Waals surface area contributed by atoms with Crippen molar-refractivity contribution in [3.8, 4) is 5.75 Å². The van der Waals surface area contributed by atoms with E-state index in [1.807, 2.05) is 0 Å². The highest BCUT2D eigenvalue weighted by atomic mass is 35.5. The summed E-state index contributed by atoms with van der Waals surface area (Å²) in [6.45, 7) is 0. The second-order valence-electron chi connectivity index (χ2n) is 5.38. The van der Waals surface area contributed by atoms with Crippen LogP contribution in [-0.2, 0) is 16.1 Å². The third kappa shape index (κ3) is 3.34. The lowest BCUT2D eigenvalue weighted by Crippen LogP contribution is -2.32. The average molecular weight is 360 g/mol. The molecule has 0 unspecified atom stereocenters. The number of fused-ring (bicyclic) bond motifs is 1. The van der Waals surface area contributed by atoms with Gasteiger partial charge in [0.25, 0.3) is 11.8 Å². The molecule has 2 amide bonds. The van der Waals surface area contributed by atoms with Gasteiger partial charge in [0.2, 0.25) is 0 Å². The number of aryl methyl sites for hydroxylation is 1. The van der Waals surface area contributed by atoms with E-state index in [0.717, 1.165) is 5.56 Å². The van der Waals surface area contributed by atoms with Crippen LogP contribution in [0.2, 0.25) is 5.02 Å². The van der Waals surface area contributed by atoms with Crippen molar-refractivity contribution in [2.45, 2.75) is 12.8 Å². The third-order valence-electron chi connectivity index (χ3n) is 3.78. The molecule has 1 heterocycles. The molecule has 2 aromatic carbocycles. The lowest BCUT2D eigenvalue weighted by Gasteiger charge is -2.12. The molecule has 0 aromatic heterocycles. The third-order valence-corrected chi connectivity index (χ3v) is 4.10. The van der Waals surface area contributed by atoms with Crippen LogP contribution in [0.4, 0.5) is 0 Å². The van der Waals surface area contributed by atoms with Gasteiger partial charge in [0, 0.05) is 0 Å². The summed E-state index contributed by atoms with van der Waals surface area (Å²) >= 11 is 5.95. The average Bonchev–Trinajstić information content (AvgIpc) is 2.86. The van der Waals surface area contributed by atoms with Crippen molar-refractivity contribution < 1.29 is 24.0 Å². The molecular weight excluding hydrogens is 346 g/mol. The maximum absolute atomic E-state index is 12.1. The number of benzene rings is 2. The first-order valence-electron chi connectivity index (χ1n) is 7.52. The van der Waals surface area contributed by atoms with Crippen LogP contribution in [0, 0.1) is 0 Å². The van der Waals surface area contributed by atoms with E-state index in [2.05, 4.69) is 0 Å². The van der Waals surface area contributed by atoms with Gasteiger partial charge in [-0.1, -0.05) is 34.9 Å². The fraction of sp³-hybridized carbons (Fsp3) is 0.167. The number of imide groups is 1. The van der Waals surface area contributed by atoms with Crippen LogP contribution in [0.1, 0.15) is 32.7 Å². The van der Waals surface area contributed by atoms with Gasteiger partial charge < -0.3 is 9.57 Å². The maximum Gasteiger partial charge on any atom is 0.333 e. The van der Waals surface area contributed by atoms with Gasteiger partial charge >= 0.3 is 5.97 Å². The van der Waals surface area contributed by atoms with Crippen molar-refractivity contribution in [2.24, 2.45) is 0 Å². The molecule has 0 aliphatic carbocycles. The van der Waals surface area contributed by atoms with Crippen LogP contribution >= 0.6 is 11.6 Å². The van der Waals surface area contributed by atoms with Crippen molar-refractivity contribution in [3.05, 3.63) is 64.2 Å². The molecule has 0 saturated carbocycles. The quantitative estimate of drug-likeness (QED) is 0.767. The first kappa shape index (κ1) is 17.0. The fourth-order valence-electron chi connectivity index (χ4n) is 2.50. The van der Waals surface area contributed by atoms with Crippen LogP contribution in [0.5, 0.6) is 5.75 Å². The SMILES string of the molecule is COc1cc(CCC(=O)ON2C(=O)c3ccccc3C2=O)ccc1Cl. The largest absolute Gasteiger partial charge is 0.495 e. The van der Waals surface area contributed by atoms with E-state index in [0.29, 0.717) is 22.3 Å². The number of rotatable bonds is 5. The van der Waals surface area contributed by atoms with E-state index in [1.54, 1.807) is 30.3 Å². The number of amides is 2. The Kier molecular flexibility index (Phi) is 4.72. The van der Waals surface area contributed by atoms with Gasteiger partial charge in [-0.2, -0.15) is 0 Å².